The Balaban J connectivity index is 1.48. The zero-order valence-electron chi connectivity index (χ0n) is 18.8. The Labute approximate surface area is 187 Å². The number of fused-ring (bicyclic) bond motifs is 1. The Hall–Kier alpha value is -3.49. The number of anilines is 3. The molecule has 0 spiro atoms. The summed E-state index contributed by atoms with van der Waals surface area (Å²) in [6.45, 7) is 7.22. The molecule has 0 saturated carbocycles. The molecule has 0 fully saturated rings. The minimum Gasteiger partial charge on any atom is -0.350 e. The molecule has 1 aliphatic heterocycles. The molecule has 4 rings (SSSR count). The zero-order chi connectivity index (χ0) is 22.8. The Morgan fingerprint density at radius 1 is 1.16 bits per heavy atom. The van der Waals surface area contributed by atoms with Gasteiger partial charge in [-0.2, -0.15) is 10.1 Å². The number of carbonyl (C=O) groups excluding carboxylic acids is 1. The van der Waals surface area contributed by atoms with E-state index in [9.17, 15) is 9.18 Å². The SMILES string of the molecule is CC[C@@H]1C(=O)N(C)c2cnc(NCc3cnn(Cc4ccc(F)cc4)c3)nc2N1C(C)C. The van der Waals surface area contributed by atoms with E-state index in [-0.39, 0.29) is 23.8 Å². The molecule has 0 aliphatic carbocycles. The predicted molar refractivity (Wildman–Crippen MR) is 122 cm³/mol. The summed E-state index contributed by atoms with van der Waals surface area (Å²) in [5.41, 5.74) is 2.67. The number of nitrogens with one attached hydrogen (secondary N) is 1. The van der Waals surface area contributed by atoms with Gasteiger partial charge in [-0.1, -0.05) is 19.1 Å². The van der Waals surface area contributed by atoms with Gasteiger partial charge in [0.15, 0.2) is 5.82 Å². The molecule has 0 unspecified atom stereocenters. The van der Waals surface area contributed by atoms with Gasteiger partial charge in [0.1, 0.15) is 17.5 Å². The quantitative estimate of drug-likeness (QED) is 0.610. The number of carbonyl (C=O) groups is 1. The molecule has 3 heterocycles. The molecule has 1 amide bonds. The van der Waals surface area contributed by atoms with Gasteiger partial charge in [0.2, 0.25) is 11.9 Å². The molecule has 0 radical (unpaired) electrons. The fraction of sp³-hybridized carbons (Fsp3) is 0.391. The van der Waals surface area contributed by atoms with Crippen LogP contribution in [-0.4, -0.2) is 44.8 Å². The van der Waals surface area contributed by atoms with Crippen molar-refractivity contribution in [2.24, 2.45) is 0 Å². The van der Waals surface area contributed by atoms with Crippen LogP contribution >= 0.6 is 0 Å². The summed E-state index contributed by atoms with van der Waals surface area (Å²) in [5.74, 6) is 1.07. The van der Waals surface area contributed by atoms with E-state index < -0.39 is 0 Å². The van der Waals surface area contributed by atoms with Crippen molar-refractivity contribution in [2.75, 3.05) is 22.2 Å². The molecule has 8 nitrogen and oxygen atoms in total. The second-order valence-corrected chi connectivity index (χ2v) is 8.25. The first-order chi connectivity index (χ1) is 15.4. The van der Waals surface area contributed by atoms with Crippen LogP contribution in [0.5, 0.6) is 0 Å². The number of likely N-dealkylation sites (N-methyl/N-ethyl adjacent to an activating group) is 1. The van der Waals surface area contributed by atoms with Crippen LogP contribution in [0.25, 0.3) is 0 Å². The summed E-state index contributed by atoms with van der Waals surface area (Å²) < 4.78 is 14.9. The van der Waals surface area contributed by atoms with E-state index in [0.717, 1.165) is 16.9 Å². The third kappa shape index (κ3) is 4.28. The second kappa shape index (κ2) is 8.94. The van der Waals surface area contributed by atoms with Crippen LogP contribution in [0.1, 0.15) is 38.3 Å². The molecule has 1 aromatic carbocycles. The first-order valence-corrected chi connectivity index (χ1v) is 10.8. The molecule has 9 heteroatoms. The minimum atomic E-state index is -0.249. The third-order valence-corrected chi connectivity index (χ3v) is 5.65. The van der Waals surface area contributed by atoms with Crippen molar-refractivity contribution < 1.29 is 9.18 Å². The smallest absolute Gasteiger partial charge is 0.249 e. The molecule has 32 heavy (non-hydrogen) atoms. The summed E-state index contributed by atoms with van der Waals surface area (Å²) in [6.07, 6.45) is 6.13. The summed E-state index contributed by atoms with van der Waals surface area (Å²) in [4.78, 5) is 25.6. The summed E-state index contributed by atoms with van der Waals surface area (Å²) >= 11 is 0. The Morgan fingerprint density at radius 2 is 1.91 bits per heavy atom. The first kappa shape index (κ1) is 21.7. The topological polar surface area (TPSA) is 79.2 Å². The molecular formula is C23H28FN7O. The minimum absolute atomic E-state index is 0.0616. The Kier molecular flexibility index (Phi) is 6.07. The maximum atomic E-state index is 13.1. The van der Waals surface area contributed by atoms with Crippen molar-refractivity contribution in [3.8, 4) is 0 Å². The van der Waals surface area contributed by atoms with Gasteiger partial charge >= 0.3 is 0 Å². The van der Waals surface area contributed by atoms with E-state index in [1.165, 1.54) is 12.1 Å². The summed E-state index contributed by atoms with van der Waals surface area (Å²) in [5, 5.41) is 7.64. The van der Waals surface area contributed by atoms with Gasteiger partial charge in [-0.05, 0) is 38.0 Å². The number of rotatable bonds is 7. The van der Waals surface area contributed by atoms with Crippen LogP contribution in [0.4, 0.5) is 21.8 Å². The van der Waals surface area contributed by atoms with Crippen molar-refractivity contribution in [1.29, 1.82) is 0 Å². The first-order valence-electron chi connectivity index (χ1n) is 10.8. The van der Waals surface area contributed by atoms with Crippen molar-refractivity contribution in [2.45, 2.75) is 52.4 Å². The number of hydrogen-bond acceptors (Lipinski definition) is 6. The molecule has 0 bridgehead atoms. The number of amides is 1. The second-order valence-electron chi connectivity index (χ2n) is 8.25. The molecule has 168 valence electrons. The Morgan fingerprint density at radius 3 is 2.59 bits per heavy atom. The molecular weight excluding hydrogens is 409 g/mol. The Bertz CT molecular complexity index is 1100. The van der Waals surface area contributed by atoms with Gasteiger partial charge < -0.3 is 15.1 Å². The van der Waals surface area contributed by atoms with E-state index in [4.69, 9.17) is 4.98 Å². The molecule has 0 saturated heterocycles. The average molecular weight is 438 g/mol. The van der Waals surface area contributed by atoms with Crippen LogP contribution in [-0.2, 0) is 17.9 Å². The highest BCUT2D eigenvalue weighted by atomic mass is 19.1. The highest BCUT2D eigenvalue weighted by Gasteiger charge is 2.38. The van der Waals surface area contributed by atoms with Crippen molar-refractivity contribution in [1.82, 2.24) is 19.7 Å². The lowest BCUT2D eigenvalue weighted by molar-refractivity contribution is -0.120. The zero-order valence-corrected chi connectivity index (χ0v) is 18.8. The normalized spacial score (nSPS) is 15.9. The van der Waals surface area contributed by atoms with Gasteiger partial charge in [-0.3, -0.25) is 9.48 Å². The molecule has 3 aromatic rings. The number of aromatic nitrogens is 4. The van der Waals surface area contributed by atoms with Crippen LogP contribution in [0.2, 0.25) is 0 Å². The van der Waals surface area contributed by atoms with E-state index in [2.05, 4.69) is 34.1 Å². The fourth-order valence-electron chi connectivity index (χ4n) is 4.01. The molecule has 1 aliphatic rings. The maximum absolute atomic E-state index is 13.1. The van der Waals surface area contributed by atoms with Crippen molar-refractivity contribution in [3.05, 3.63) is 59.8 Å². The van der Waals surface area contributed by atoms with E-state index in [1.54, 1.807) is 36.5 Å². The lowest BCUT2D eigenvalue weighted by Gasteiger charge is -2.42. The van der Waals surface area contributed by atoms with Crippen molar-refractivity contribution in [3.63, 3.8) is 0 Å². The number of nitrogens with zero attached hydrogens (tertiary/aromatic N) is 6. The third-order valence-electron chi connectivity index (χ3n) is 5.65. The summed E-state index contributed by atoms with van der Waals surface area (Å²) in [7, 11) is 1.77. The van der Waals surface area contributed by atoms with Crippen LogP contribution < -0.4 is 15.1 Å². The van der Waals surface area contributed by atoms with E-state index in [1.807, 2.05) is 17.8 Å². The number of halogens is 1. The van der Waals surface area contributed by atoms with Gasteiger partial charge in [-0.15, -0.1) is 0 Å². The fourth-order valence-corrected chi connectivity index (χ4v) is 4.01. The number of benzene rings is 1. The molecule has 1 atom stereocenters. The van der Waals surface area contributed by atoms with Gasteiger partial charge in [0, 0.05) is 31.4 Å². The lowest BCUT2D eigenvalue weighted by Crippen LogP contribution is -2.54. The van der Waals surface area contributed by atoms with E-state index in [0.29, 0.717) is 31.1 Å². The monoisotopic (exact) mass is 437 g/mol. The molecule has 1 N–H and O–H groups in total. The number of hydrogen-bond donors (Lipinski definition) is 1. The van der Waals surface area contributed by atoms with Crippen LogP contribution in [0.15, 0.2) is 42.9 Å². The molecule has 2 aromatic heterocycles. The van der Waals surface area contributed by atoms with E-state index >= 15 is 0 Å². The summed E-state index contributed by atoms with van der Waals surface area (Å²) in [6, 6.07) is 6.29. The standard InChI is InChI=1S/C23H28FN7O/c1-5-19-22(32)29(4)20-12-26-23(28-21(20)31(19)15(2)3)25-10-17-11-27-30(14-17)13-16-6-8-18(24)9-7-16/h6-9,11-12,14-15,19H,5,10,13H2,1-4H3,(H,25,26,28)/t19-/m1/s1. The maximum Gasteiger partial charge on any atom is 0.249 e. The lowest BCUT2D eigenvalue weighted by atomic mass is 10.1. The largest absolute Gasteiger partial charge is 0.350 e. The highest BCUT2D eigenvalue weighted by Crippen LogP contribution is 2.36. The van der Waals surface area contributed by atoms with Crippen LogP contribution in [0.3, 0.4) is 0 Å². The van der Waals surface area contributed by atoms with Crippen LogP contribution in [0, 0.1) is 5.82 Å². The van der Waals surface area contributed by atoms with Gasteiger partial charge in [-0.25, -0.2) is 9.37 Å². The van der Waals surface area contributed by atoms with Crippen molar-refractivity contribution >= 4 is 23.4 Å². The average Bonchev–Trinajstić information content (AvgIpc) is 3.23. The predicted octanol–water partition coefficient (Wildman–Crippen LogP) is 3.44. The van der Waals surface area contributed by atoms with Gasteiger partial charge in [0.05, 0.1) is 18.9 Å². The van der Waals surface area contributed by atoms with Gasteiger partial charge in [0.25, 0.3) is 0 Å². The highest BCUT2D eigenvalue weighted by molar-refractivity contribution is 6.04.